The van der Waals surface area contributed by atoms with E-state index in [1.165, 1.54) is 33.1 Å². The van der Waals surface area contributed by atoms with Crippen LogP contribution in [0.1, 0.15) is 60.0 Å². The van der Waals surface area contributed by atoms with Crippen LogP contribution in [-0.2, 0) is 6.42 Å². The van der Waals surface area contributed by atoms with E-state index in [0.717, 1.165) is 31.5 Å². The van der Waals surface area contributed by atoms with E-state index >= 15 is 0 Å². The van der Waals surface area contributed by atoms with E-state index in [1.807, 2.05) is 0 Å². The minimum absolute atomic E-state index is 0.214. The van der Waals surface area contributed by atoms with Gasteiger partial charge in [0.2, 0.25) is 0 Å². The summed E-state index contributed by atoms with van der Waals surface area (Å²) in [5, 5.41) is 7.99. The number of aryl methyl sites for hydroxylation is 3. The minimum Gasteiger partial charge on any atom is -0.305 e. The van der Waals surface area contributed by atoms with Crippen LogP contribution in [0.25, 0.3) is 0 Å². The number of hydrogen-bond acceptors (Lipinski definition) is 4. The van der Waals surface area contributed by atoms with Crippen molar-refractivity contribution in [2.24, 2.45) is 0 Å². The number of nitrogens with one attached hydrogen (secondary N) is 1. The molecule has 1 aromatic heterocycles. The van der Waals surface area contributed by atoms with Crippen molar-refractivity contribution >= 4 is 11.5 Å². The SMILES string of the molecule is CCCNC(c1ccc(C)c(C)c1)c1snnc1CCC. The maximum absolute atomic E-state index is 4.33. The maximum Gasteiger partial charge on any atom is 0.0807 e. The lowest BCUT2D eigenvalue weighted by Gasteiger charge is -2.19. The average molecular weight is 303 g/mol. The molecule has 2 aromatic rings. The van der Waals surface area contributed by atoms with Gasteiger partial charge < -0.3 is 5.32 Å². The molecule has 0 aliphatic heterocycles. The molecule has 1 heterocycles. The van der Waals surface area contributed by atoms with Gasteiger partial charge in [0.1, 0.15) is 0 Å². The number of rotatable bonds is 7. The van der Waals surface area contributed by atoms with Crippen molar-refractivity contribution in [2.45, 2.75) is 53.0 Å². The lowest BCUT2D eigenvalue weighted by Crippen LogP contribution is -2.23. The van der Waals surface area contributed by atoms with E-state index in [4.69, 9.17) is 0 Å². The molecule has 0 saturated heterocycles. The first-order valence-corrected chi connectivity index (χ1v) is 8.56. The van der Waals surface area contributed by atoms with Crippen molar-refractivity contribution in [2.75, 3.05) is 6.54 Å². The van der Waals surface area contributed by atoms with Crippen LogP contribution >= 0.6 is 11.5 Å². The topological polar surface area (TPSA) is 37.8 Å². The van der Waals surface area contributed by atoms with Crippen LogP contribution in [0, 0.1) is 13.8 Å². The number of benzene rings is 1. The molecule has 21 heavy (non-hydrogen) atoms. The fourth-order valence-corrected chi connectivity index (χ4v) is 3.24. The fraction of sp³-hybridized carbons (Fsp3) is 0.529. The molecule has 2 rings (SSSR count). The van der Waals surface area contributed by atoms with Crippen molar-refractivity contribution in [1.29, 1.82) is 0 Å². The van der Waals surface area contributed by atoms with Gasteiger partial charge in [-0.15, -0.1) is 5.10 Å². The highest BCUT2D eigenvalue weighted by atomic mass is 32.1. The van der Waals surface area contributed by atoms with Gasteiger partial charge in [-0.05, 0) is 61.5 Å². The van der Waals surface area contributed by atoms with Gasteiger partial charge in [0.25, 0.3) is 0 Å². The molecule has 1 atom stereocenters. The van der Waals surface area contributed by atoms with Gasteiger partial charge in [-0.3, -0.25) is 0 Å². The third-order valence-electron chi connectivity index (χ3n) is 3.80. The summed E-state index contributed by atoms with van der Waals surface area (Å²) >= 11 is 1.53. The third kappa shape index (κ3) is 3.89. The zero-order chi connectivity index (χ0) is 15.2. The number of nitrogens with zero attached hydrogens (tertiary/aromatic N) is 2. The molecule has 0 aliphatic carbocycles. The summed E-state index contributed by atoms with van der Waals surface area (Å²) in [6, 6.07) is 6.94. The monoisotopic (exact) mass is 303 g/mol. The van der Waals surface area contributed by atoms with Crippen LogP contribution in [-0.4, -0.2) is 16.1 Å². The Morgan fingerprint density at radius 3 is 2.62 bits per heavy atom. The fourth-order valence-electron chi connectivity index (χ4n) is 2.44. The summed E-state index contributed by atoms with van der Waals surface area (Å²) in [5.41, 5.74) is 5.14. The summed E-state index contributed by atoms with van der Waals surface area (Å²) in [4.78, 5) is 1.27. The quantitative estimate of drug-likeness (QED) is 0.833. The normalized spacial score (nSPS) is 12.6. The van der Waals surface area contributed by atoms with Crippen molar-refractivity contribution in [3.8, 4) is 0 Å². The lowest BCUT2D eigenvalue weighted by atomic mass is 9.98. The summed E-state index contributed by atoms with van der Waals surface area (Å²) in [6.45, 7) is 9.72. The molecule has 0 radical (unpaired) electrons. The van der Waals surface area contributed by atoms with Gasteiger partial charge in [-0.25, -0.2) is 0 Å². The number of hydrogen-bond donors (Lipinski definition) is 1. The van der Waals surface area contributed by atoms with Gasteiger partial charge in [-0.2, -0.15) is 0 Å². The summed E-state index contributed by atoms with van der Waals surface area (Å²) in [5.74, 6) is 0. The lowest BCUT2D eigenvalue weighted by molar-refractivity contribution is 0.599. The Hall–Kier alpha value is -1.26. The van der Waals surface area contributed by atoms with E-state index in [1.54, 1.807) is 0 Å². The Bertz CT molecular complexity index is 577. The second kappa shape index (κ2) is 7.66. The van der Waals surface area contributed by atoms with Gasteiger partial charge in [0.05, 0.1) is 16.6 Å². The molecule has 1 N–H and O–H groups in total. The maximum atomic E-state index is 4.33. The van der Waals surface area contributed by atoms with Crippen molar-refractivity contribution in [3.63, 3.8) is 0 Å². The van der Waals surface area contributed by atoms with E-state index in [0.29, 0.717) is 0 Å². The molecule has 0 spiro atoms. The zero-order valence-corrected chi connectivity index (χ0v) is 14.3. The predicted molar refractivity (Wildman–Crippen MR) is 90.0 cm³/mol. The first-order valence-electron chi connectivity index (χ1n) is 7.79. The van der Waals surface area contributed by atoms with Crippen molar-refractivity contribution in [3.05, 3.63) is 45.5 Å². The van der Waals surface area contributed by atoms with E-state index in [-0.39, 0.29) is 6.04 Å². The van der Waals surface area contributed by atoms with Crippen LogP contribution < -0.4 is 5.32 Å². The highest BCUT2D eigenvalue weighted by Crippen LogP contribution is 2.29. The van der Waals surface area contributed by atoms with Gasteiger partial charge in [-0.1, -0.05) is 43.0 Å². The zero-order valence-electron chi connectivity index (χ0n) is 13.4. The Balaban J connectivity index is 2.37. The van der Waals surface area contributed by atoms with E-state index in [2.05, 4.69) is 60.8 Å². The molecule has 1 aromatic carbocycles. The van der Waals surface area contributed by atoms with Crippen LogP contribution in [0.5, 0.6) is 0 Å². The van der Waals surface area contributed by atoms with E-state index in [9.17, 15) is 0 Å². The van der Waals surface area contributed by atoms with Gasteiger partial charge >= 0.3 is 0 Å². The standard InChI is InChI=1S/C17H25N3S/c1-5-7-15-17(21-20-19-15)16(18-10-6-2)14-9-8-12(3)13(4)11-14/h8-9,11,16,18H,5-7,10H2,1-4H3. The van der Waals surface area contributed by atoms with Gasteiger partial charge in [0, 0.05) is 0 Å². The molecule has 1 unspecified atom stereocenters. The molecular weight excluding hydrogens is 278 g/mol. The molecule has 4 heteroatoms. The van der Waals surface area contributed by atoms with Crippen LogP contribution in [0.4, 0.5) is 0 Å². The first-order chi connectivity index (χ1) is 10.2. The van der Waals surface area contributed by atoms with Crippen LogP contribution in [0.15, 0.2) is 18.2 Å². The molecule has 0 bridgehead atoms. The largest absolute Gasteiger partial charge is 0.305 e. The first kappa shape index (κ1) is 16.1. The molecule has 0 fully saturated rings. The number of aromatic nitrogens is 2. The predicted octanol–water partition coefficient (Wildman–Crippen LogP) is 4.20. The summed E-state index contributed by atoms with van der Waals surface area (Å²) in [7, 11) is 0. The van der Waals surface area contributed by atoms with Crippen LogP contribution in [0.3, 0.4) is 0 Å². The highest BCUT2D eigenvalue weighted by Gasteiger charge is 2.20. The summed E-state index contributed by atoms with van der Waals surface area (Å²) in [6.07, 6.45) is 3.23. The van der Waals surface area contributed by atoms with Gasteiger partial charge in [0.15, 0.2) is 0 Å². The minimum atomic E-state index is 0.214. The Labute approximate surface area is 132 Å². The highest BCUT2D eigenvalue weighted by molar-refractivity contribution is 7.05. The Morgan fingerprint density at radius 1 is 1.14 bits per heavy atom. The molecule has 3 nitrogen and oxygen atoms in total. The van der Waals surface area contributed by atoms with Crippen LogP contribution in [0.2, 0.25) is 0 Å². The second-order valence-electron chi connectivity index (χ2n) is 5.56. The molecule has 114 valence electrons. The molecule has 0 aliphatic rings. The molecule has 0 amide bonds. The van der Waals surface area contributed by atoms with Crippen molar-refractivity contribution in [1.82, 2.24) is 14.9 Å². The summed E-state index contributed by atoms with van der Waals surface area (Å²) < 4.78 is 4.19. The molecular formula is C17H25N3S. The smallest absolute Gasteiger partial charge is 0.0807 e. The Kier molecular flexibility index (Phi) is 5.88. The van der Waals surface area contributed by atoms with E-state index < -0.39 is 0 Å². The third-order valence-corrected chi connectivity index (χ3v) is 4.63. The Morgan fingerprint density at radius 2 is 1.95 bits per heavy atom. The average Bonchev–Trinajstić information content (AvgIpc) is 2.92. The molecule has 0 saturated carbocycles. The van der Waals surface area contributed by atoms with Crippen molar-refractivity contribution < 1.29 is 0 Å². The second-order valence-corrected chi connectivity index (χ2v) is 6.35.